The highest BCUT2D eigenvalue weighted by Crippen LogP contribution is 2.34. The highest BCUT2D eigenvalue weighted by Gasteiger charge is 2.27. The highest BCUT2D eigenvalue weighted by molar-refractivity contribution is 6.30. The molecule has 2 aromatic rings. The molecule has 0 saturated heterocycles. The second kappa shape index (κ2) is 6.93. The van der Waals surface area contributed by atoms with Crippen LogP contribution in [0.3, 0.4) is 0 Å². The van der Waals surface area contributed by atoms with Gasteiger partial charge in [0.1, 0.15) is 0 Å². The van der Waals surface area contributed by atoms with Gasteiger partial charge >= 0.3 is 0 Å². The van der Waals surface area contributed by atoms with Gasteiger partial charge in [-0.2, -0.15) is 0 Å². The first-order valence-electron chi connectivity index (χ1n) is 7.72. The third-order valence-electron chi connectivity index (χ3n) is 4.19. The number of carbonyl (C=O) groups is 2. The largest absolute Gasteiger partial charge is 0.295 e. The zero-order valence-electron chi connectivity index (χ0n) is 12.7. The van der Waals surface area contributed by atoms with Crippen molar-refractivity contribution in [3.05, 3.63) is 82.4 Å². The summed E-state index contributed by atoms with van der Waals surface area (Å²) in [5.74, 6) is -0.00747. The van der Waals surface area contributed by atoms with E-state index in [-0.39, 0.29) is 17.5 Å². The lowest BCUT2D eigenvalue weighted by atomic mass is 9.84. The van der Waals surface area contributed by atoms with Gasteiger partial charge in [0.15, 0.2) is 11.6 Å². The molecular formula is C20H17ClO2. The Hall–Kier alpha value is -2.19. The quantitative estimate of drug-likeness (QED) is 0.726. The number of allylic oxidation sites excluding steroid dienone is 2. The van der Waals surface area contributed by atoms with E-state index in [2.05, 4.69) is 0 Å². The molecule has 2 aromatic carbocycles. The van der Waals surface area contributed by atoms with Crippen LogP contribution >= 0.6 is 11.6 Å². The third kappa shape index (κ3) is 3.59. The normalized spacial score (nSPS) is 15.3. The average Bonchev–Trinajstić information content (AvgIpc) is 3.00. The monoisotopic (exact) mass is 324 g/mol. The molecule has 0 heterocycles. The van der Waals surface area contributed by atoms with Crippen molar-refractivity contribution >= 4 is 23.2 Å². The number of hydrogen-bond donors (Lipinski definition) is 0. The van der Waals surface area contributed by atoms with Crippen LogP contribution in [0.2, 0.25) is 5.02 Å². The predicted octanol–water partition coefficient (Wildman–Crippen LogP) is 4.99. The van der Waals surface area contributed by atoms with Gasteiger partial charge in [-0.05, 0) is 29.7 Å². The van der Waals surface area contributed by atoms with Crippen molar-refractivity contribution in [1.82, 2.24) is 0 Å². The molecular weight excluding hydrogens is 308 g/mol. The minimum Gasteiger partial charge on any atom is -0.295 e. The van der Waals surface area contributed by atoms with Crippen LogP contribution in [-0.2, 0) is 4.79 Å². The van der Waals surface area contributed by atoms with Gasteiger partial charge in [-0.15, -0.1) is 0 Å². The van der Waals surface area contributed by atoms with Crippen LogP contribution in [0.1, 0.15) is 41.1 Å². The Labute approximate surface area is 140 Å². The second-order valence-electron chi connectivity index (χ2n) is 5.72. The molecule has 1 atom stereocenters. The Balaban J connectivity index is 1.91. The van der Waals surface area contributed by atoms with Crippen molar-refractivity contribution in [2.45, 2.75) is 25.2 Å². The maximum absolute atomic E-state index is 12.6. The van der Waals surface area contributed by atoms with Gasteiger partial charge in [-0.25, -0.2) is 0 Å². The molecule has 0 spiro atoms. The van der Waals surface area contributed by atoms with Crippen molar-refractivity contribution in [2.75, 3.05) is 0 Å². The summed E-state index contributed by atoms with van der Waals surface area (Å²) in [4.78, 5) is 24.8. The van der Waals surface area contributed by atoms with E-state index in [1.807, 2.05) is 48.5 Å². The van der Waals surface area contributed by atoms with E-state index in [9.17, 15) is 9.59 Å². The van der Waals surface area contributed by atoms with Gasteiger partial charge in [-0.1, -0.05) is 60.1 Å². The zero-order chi connectivity index (χ0) is 16.2. The Kier molecular flexibility index (Phi) is 4.73. The lowest BCUT2D eigenvalue weighted by Gasteiger charge is -2.18. The molecule has 0 N–H and O–H groups in total. The Morgan fingerprint density at radius 2 is 1.74 bits per heavy atom. The molecule has 1 aliphatic rings. The molecule has 0 amide bonds. The molecule has 3 rings (SSSR count). The molecule has 0 aliphatic heterocycles. The van der Waals surface area contributed by atoms with Gasteiger partial charge in [0.25, 0.3) is 0 Å². The van der Waals surface area contributed by atoms with Crippen molar-refractivity contribution in [3.63, 3.8) is 0 Å². The molecule has 1 aliphatic carbocycles. The molecule has 116 valence electrons. The number of halogens is 1. The van der Waals surface area contributed by atoms with Crippen molar-refractivity contribution in [1.29, 1.82) is 0 Å². The maximum atomic E-state index is 12.6. The fraction of sp³-hybridized carbons (Fsp3) is 0.200. The van der Waals surface area contributed by atoms with Crippen molar-refractivity contribution in [2.24, 2.45) is 0 Å². The van der Waals surface area contributed by atoms with Crippen LogP contribution in [0.5, 0.6) is 0 Å². The summed E-state index contributed by atoms with van der Waals surface area (Å²) < 4.78 is 0. The topological polar surface area (TPSA) is 34.1 Å². The fourth-order valence-electron chi connectivity index (χ4n) is 2.98. The summed E-state index contributed by atoms with van der Waals surface area (Å²) in [5, 5.41) is 0.647. The molecule has 3 heteroatoms. The van der Waals surface area contributed by atoms with Gasteiger partial charge in [-0.3, -0.25) is 9.59 Å². The van der Waals surface area contributed by atoms with Crippen LogP contribution < -0.4 is 0 Å². The fourth-order valence-corrected chi connectivity index (χ4v) is 3.11. The maximum Gasteiger partial charge on any atom is 0.163 e. The average molecular weight is 325 g/mol. The van der Waals surface area contributed by atoms with E-state index < -0.39 is 0 Å². The van der Waals surface area contributed by atoms with Gasteiger partial charge < -0.3 is 0 Å². The van der Waals surface area contributed by atoms with E-state index in [0.717, 1.165) is 17.6 Å². The number of Topliss-reactive ketones (excluding diaryl/α,β-unsaturated/α-hetero) is 2. The van der Waals surface area contributed by atoms with E-state index in [0.29, 0.717) is 23.4 Å². The summed E-state index contributed by atoms with van der Waals surface area (Å²) in [6, 6.07) is 16.6. The van der Waals surface area contributed by atoms with E-state index in [4.69, 9.17) is 11.6 Å². The second-order valence-corrected chi connectivity index (χ2v) is 6.16. The summed E-state index contributed by atoms with van der Waals surface area (Å²) in [5.41, 5.74) is 2.40. The number of hydrogen-bond acceptors (Lipinski definition) is 2. The van der Waals surface area contributed by atoms with Gasteiger partial charge in [0.05, 0.1) is 0 Å². The lowest BCUT2D eigenvalue weighted by molar-refractivity contribution is -0.115. The molecule has 1 unspecified atom stereocenters. The predicted molar refractivity (Wildman–Crippen MR) is 91.9 cm³/mol. The molecule has 23 heavy (non-hydrogen) atoms. The Morgan fingerprint density at radius 3 is 2.35 bits per heavy atom. The zero-order valence-corrected chi connectivity index (χ0v) is 13.4. The molecule has 0 bridgehead atoms. The number of ketones is 2. The Morgan fingerprint density at radius 1 is 1.04 bits per heavy atom. The summed E-state index contributed by atoms with van der Waals surface area (Å²) in [6.07, 6.45) is 3.57. The van der Waals surface area contributed by atoms with E-state index in [1.165, 1.54) is 0 Å². The van der Waals surface area contributed by atoms with Crippen LogP contribution in [0, 0.1) is 0 Å². The first-order valence-corrected chi connectivity index (χ1v) is 8.10. The van der Waals surface area contributed by atoms with Crippen LogP contribution in [0.15, 0.2) is 66.2 Å². The summed E-state index contributed by atoms with van der Waals surface area (Å²) in [6.45, 7) is 0. The van der Waals surface area contributed by atoms with Gasteiger partial charge in [0.2, 0.25) is 0 Å². The lowest BCUT2D eigenvalue weighted by Crippen LogP contribution is -2.13. The molecule has 0 fully saturated rings. The number of benzene rings is 2. The highest BCUT2D eigenvalue weighted by atomic mass is 35.5. The van der Waals surface area contributed by atoms with E-state index in [1.54, 1.807) is 12.1 Å². The first-order chi connectivity index (χ1) is 11.1. The molecule has 0 aromatic heterocycles. The van der Waals surface area contributed by atoms with Crippen LogP contribution in [0.4, 0.5) is 0 Å². The van der Waals surface area contributed by atoms with E-state index >= 15 is 0 Å². The standard InChI is InChI=1S/C20H17ClO2/c21-16-11-9-14(10-12-16)18(17-7-4-8-19(17)22)13-20(23)15-5-2-1-3-6-15/h1-3,5-7,9-12,18H,4,8,13H2. The number of rotatable bonds is 5. The molecule has 0 saturated carbocycles. The van der Waals surface area contributed by atoms with Crippen molar-refractivity contribution in [3.8, 4) is 0 Å². The smallest absolute Gasteiger partial charge is 0.163 e. The third-order valence-corrected chi connectivity index (χ3v) is 4.44. The Bertz CT molecular complexity index is 745. The van der Waals surface area contributed by atoms with Crippen LogP contribution in [0.25, 0.3) is 0 Å². The first kappa shape index (κ1) is 15.7. The minimum atomic E-state index is -0.199. The minimum absolute atomic E-state index is 0.0474. The van der Waals surface area contributed by atoms with Crippen molar-refractivity contribution < 1.29 is 9.59 Å². The summed E-state index contributed by atoms with van der Waals surface area (Å²) >= 11 is 5.96. The molecule has 2 nitrogen and oxygen atoms in total. The molecule has 0 radical (unpaired) electrons. The van der Waals surface area contributed by atoms with Gasteiger partial charge in [0, 0.05) is 29.3 Å². The number of carbonyl (C=O) groups excluding carboxylic acids is 2. The van der Waals surface area contributed by atoms with Crippen LogP contribution in [-0.4, -0.2) is 11.6 Å². The summed E-state index contributed by atoms with van der Waals surface area (Å²) in [7, 11) is 0. The SMILES string of the molecule is O=C1CCC=C1C(CC(=O)c1ccccc1)c1ccc(Cl)cc1.